The molecule has 0 aliphatic heterocycles. The van der Waals surface area contributed by atoms with Crippen LogP contribution in [0.1, 0.15) is 26.2 Å². The van der Waals surface area contributed by atoms with Crippen LogP contribution in [0.2, 0.25) is 0 Å². The second-order valence-electron chi connectivity index (χ2n) is 5.76. The van der Waals surface area contributed by atoms with E-state index in [2.05, 4.69) is 12.2 Å². The maximum atomic E-state index is 11.9. The van der Waals surface area contributed by atoms with Crippen LogP contribution in [0.5, 0.6) is 5.75 Å². The molecule has 0 unspecified atom stereocenters. The summed E-state index contributed by atoms with van der Waals surface area (Å²) in [7, 11) is 0. The van der Waals surface area contributed by atoms with Crippen molar-refractivity contribution in [3.8, 4) is 5.75 Å². The third kappa shape index (κ3) is 3.57. The number of hydrogen-bond donors (Lipinski definition) is 1. The zero-order valence-corrected chi connectivity index (χ0v) is 12.5. The molecule has 2 aromatic rings. The molecule has 0 saturated heterocycles. The number of fused-ring (bicyclic) bond motifs is 1. The lowest BCUT2D eigenvalue weighted by Crippen LogP contribution is -2.29. The van der Waals surface area contributed by atoms with E-state index < -0.39 is 0 Å². The molecule has 0 bridgehead atoms. The molecule has 1 aliphatic rings. The molecule has 4 heteroatoms. The minimum Gasteiger partial charge on any atom is -0.494 e. The Morgan fingerprint density at radius 3 is 3.00 bits per heavy atom. The highest BCUT2D eigenvalue weighted by atomic mass is 16.5. The quantitative estimate of drug-likeness (QED) is 0.850. The van der Waals surface area contributed by atoms with Crippen molar-refractivity contribution in [3.05, 3.63) is 30.5 Å². The first-order valence-electron chi connectivity index (χ1n) is 7.74. The molecule has 112 valence electrons. The Morgan fingerprint density at radius 1 is 1.38 bits per heavy atom. The number of nitrogens with zero attached hydrogens (tertiary/aromatic N) is 1. The van der Waals surface area contributed by atoms with Gasteiger partial charge in [0.1, 0.15) is 12.3 Å². The van der Waals surface area contributed by atoms with Crippen LogP contribution in [0, 0.1) is 5.92 Å². The normalized spacial score (nSPS) is 14.3. The summed E-state index contributed by atoms with van der Waals surface area (Å²) in [5.74, 6) is 1.69. The first-order valence-corrected chi connectivity index (χ1v) is 7.74. The third-order valence-electron chi connectivity index (χ3n) is 3.81. The van der Waals surface area contributed by atoms with Crippen LogP contribution in [-0.4, -0.2) is 23.6 Å². The number of aromatic nitrogens is 1. The second kappa shape index (κ2) is 6.20. The lowest BCUT2D eigenvalue weighted by atomic mass is 10.2. The van der Waals surface area contributed by atoms with E-state index >= 15 is 0 Å². The zero-order chi connectivity index (χ0) is 14.7. The maximum absolute atomic E-state index is 11.9. The Hall–Kier alpha value is -1.97. The predicted molar refractivity (Wildman–Crippen MR) is 83.5 cm³/mol. The highest BCUT2D eigenvalue weighted by molar-refractivity contribution is 5.84. The van der Waals surface area contributed by atoms with Crippen molar-refractivity contribution < 1.29 is 9.53 Å². The molecular weight excluding hydrogens is 264 g/mol. The summed E-state index contributed by atoms with van der Waals surface area (Å²) in [5.41, 5.74) is 1.07. The molecule has 3 rings (SSSR count). The van der Waals surface area contributed by atoms with Crippen molar-refractivity contribution in [2.75, 3.05) is 13.2 Å². The molecule has 1 heterocycles. The summed E-state index contributed by atoms with van der Waals surface area (Å²) in [6.45, 7) is 4.03. The SMILES string of the molecule is CCCOc1ccc2c(ccn2CC(=O)NCC2CC2)c1. The summed E-state index contributed by atoms with van der Waals surface area (Å²) >= 11 is 0. The van der Waals surface area contributed by atoms with Gasteiger partial charge in [0, 0.05) is 23.6 Å². The van der Waals surface area contributed by atoms with Crippen LogP contribution >= 0.6 is 0 Å². The van der Waals surface area contributed by atoms with Crippen molar-refractivity contribution in [1.29, 1.82) is 0 Å². The van der Waals surface area contributed by atoms with Crippen molar-refractivity contribution in [2.45, 2.75) is 32.7 Å². The molecule has 1 saturated carbocycles. The number of ether oxygens (including phenoxy) is 1. The van der Waals surface area contributed by atoms with E-state index in [-0.39, 0.29) is 5.91 Å². The standard InChI is InChI=1S/C17H22N2O2/c1-2-9-21-15-5-6-16-14(10-15)7-8-19(16)12-17(20)18-11-13-3-4-13/h5-8,10,13H,2-4,9,11-12H2,1H3,(H,18,20). The van der Waals surface area contributed by atoms with E-state index in [0.717, 1.165) is 36.2 Å². The highest BCUT2D eigenvalue weighted by Gasteiger charge is 2.21. The van der Waals surface area contributed by atoms with E-state index in [1.807, 2.05) is 35.0 Å². The molecule has 1 fully saturated rings. The van der Waals surface area contributed by atoms with Gasteiger partial charge < -0.3 is 14.6 Å². The van der Waals surface area contributed by atoms with Crippen molar-refractivity contribution in [1.82, 2.24) is 9.88 Å². The summed E-state index contributed by atoms with van der Waals surface area (Å²) in [6, 6.07) is 8.05. The summed E-state index contributed by atoms with van der Waals surface area (Å²) < 4.78 is 7.62. The number of benzene rings is 1. The topological polar surface area (TPSA) is 43.3 Å². The molecule has 1 N–H and O–H groups in total. The first-order chi connectivity index (χ1) is 10.3. The van der Waals surface area contributed by atoms with E-state index in [0.29, 0.717) is 12.5 Å². The van der Waals surface area contributed by atoms with Gasteiger partial charge in [-0.25, -0.2) is 0 Å². The van der Waals surface area contributed by atoms with Crippen LogP contribution in [0.4, 0.5) is 0 Å². The minimum atomic E-state index is 0.0886. The molecule has 1 aromatic carbocycles. The Bertz CT molecular complexity index is 629. The zero-order valence-electron chi connectivity index (χ0n) is 12.5. The van der Waals surface area contributed by atoms with Gasteiger partial charge in [0.15, 0.2) is 0 Å². The largest absolute Gasteiger partial charge is 0.494 e. The molecule has 0 radical (unpaired) electrons. The van der Waals surface area contributed by atoms with Crippen LogP contribution in [0.3, 0.4) is 0 Å². The number of hydrogen-bond acceptors (Lipinski definition) is 2. The predicted octanol–water partition coefficient (Wildman–Crippen LogP) is 2.96. The fourth-order valence-electron chi connectivity index (χ4n) is 2.42. The number of amides is 1. The van der Waals surface area contributed by atoms with Crippen LogP contribution in [0.15, 0.2) is 30.5 Å². The number of carbonyl (C=O) groups excluding carboxylic acids is 1. The summed E-state index contributed by atoms with van der Waals surface area (Å²) in [4.78, 5) is 11.9. The van der Waals surface area contributed by atoms with Gasteiger partial charge in [0.25, 0.3) is 0 Å². The lowest BCUT2D eigenvalue weighted by Gasteiger charge is -2.08. The molecule has 4 nitrogen and oxygen atoms in total. The maximum Gasteiger partial charge on any atom is 0.239 e. The molecular formula is C17H22N2O2. The van der Waals surface area contributed by atoms with Gasteiger partial charge in [-0.2, -0.15) is 0 Å². The van der Waals surface area contributed by atoms with Crippen molar-refractivity contribution in [3.63, 3.8) is 0 Å². The minimum absolute atomic E-state index is 0.0886. The molecule has 0 spiro atoms. The molecule has 0 atom stereocenters. The molecule has 1 aromatic heterocycles. The van der Waals surface area contributed by atoms with Gasteiger partial charge in [0.2, 0.25) is 5.91 Å². The molecule has 21 heavy (non-hydrogen) atoms. The third-order valence-corrected chi connectivity index (χ3v) is 3.81. The summed E-state index contributed by atoms with van der Waals surface area (Å²) in [6.07, 6.45) is 5.48. The smallest absolute Gasteiger partial charge is 0.239 e. The fourth-order valence-corrected chi connectivity index (χ4v) is 2.42. The lowest BCUT2D eigenvalue weighted by molar-refractivity contribution is -0.121. The number of carbonyl (C=O) groups is 1. The van der Waals surface area contributed by atoms with Crippen LogP contribution < -0.4 is 10.1 Å². The Morgan fingerprint density at radius 2 is 2.24 bits per heavy atom. The number of nitrogens with one attached hydrogen (secondary N) is 1. The van der Waals surface area contributed by atoms with Gasteiger partial charge >= 0.3 is 0 Å². The monoisotopic (exact) mass is 286 g/mol. The average molecular weight is 286 g/mol. The molecule has 1 amide bonds. The number of rotatable bonds is 7. The van der Waals surface area contributed by atoms with Gasteiger partial charge in [0.05, 0.1) is 6.61 Å². The van der Waals surface area contributed by atoms with Crippen molar-refractivity contribution >= 4 is 16.8 Å². The Balaban J connectivity index is 1.66. The summed E-state index contributed by atoms with van der Waals surface area (Å²) in [5, 5.41) is 4.11. The molecule has 1 aliphatic carbocycles. The van der Waals surface area contributed by atoms with E-state index in [1.165, 1.54) is 12.8 Å². The van der Waals surface area contributed by atoms with Gasteiger partial charge in [-0.1, -0.05) is 6.92 Å². The van der Waals surface area contributed by atoms with Gasteiger partial charge in [-0.05, 0) is 49.4 Å². The van der Waals surface area contributed by atoms with E-state index in [1.54, 1.807) is 0 Å². The van der Waals surface area contributed by atoms with Crippen molar-refractivity contribution in [2.24, 2.45) is 5.92 Å². The van der Waals surface area contributed by atoms with E-state index in [9.17, 15) is 4.79 Å². The Labute approximate surface area is 125 Å². The van der Waals surface area contributed by atoms with Gasteiger partial charge in [-0.3, -0.25) is 4.79 Å². The first kappa shape index (κ1) is 14.0. The van der Waals surface area contributed by atoms with Crippen LogP contribution in [0.25, 0.3) is 10.9 Å². The average Bonchev–Trinajstić information content (AvgIpc) is 3.25. The Kier molecular flexibility index (Phi) is 4.13. The van der Waals surface area contributed by atoms with Gasteiger partial charge in [-0.15, -0.1) is 0 Å². The van der Waals surface area contributed by atoms with E-state index in [4.69, 9.17) is 4.74 Å². The second-order valence-corrected chi connectivity index (χ2v) is 5.76. The highest BCUT2D eigenvalue weighted by Crippen LogP contribution is 2.27. The fraction of sp³-hybridized carbons (Fsp3) is 0.471. The van der Waals surface area contributed by atoms with Crippen LogP contribution in [-0.2, 0) is 11.3 Å².